The number of rotatable bonds is 6. The molecule has 1 heterocycles. The van der Waals surface area contributed by atoms with Crippen LogP contribution in [0.4, 0.5) is 11.4 Å². The highest BCUT2D eigenvalue weighted by molar-refractivity contribution is 5.95. The van der Waals surface area contributed by atoms with E-state index in [2.05, 4.69) is 46.3 Å². The topological polar surface area (TPSA) is 44.8 Å². The maximum atomic E-state index is 13.4. The zero-order valence-corrected chi connectivity index (χ0v) is 18.1. The SMILES string of the molecule is COc1cccc(NC(=O)C(c2ccccc2)N2CCN(c3cccc(C)c3)CC2)c1. The molecule has 1 aliphatic rings. The van der Waals surface area contributed by atoms with E-state index in [9.17, 15) is 4.79 Å². The van der Waals surface area contributed by atoms with Crippen molar-refractivity contribution >= 4 is 17.3 Å². The van der Waals surface area contributed by atoms with Gasteiger partial charge in [-0.25, -0.2) is 0 Å². The van der Waals surface area contributed by atoms with Gasteiger partial charge in [-0.3, -0.25) is 9.69 Å². The van der Waals surface area contributed by atoms with Crippen LogP contribution in [0.1, 0.15) is 17.2 Å². The fraction of sp³-hybridized carbons (Fsp3) is 0.269. The lowest BCUT2D eigenvalue weighted by Crippen LogP contribution is -2.50. The summed E-state index contributed by atoms with van der Waals surface area (Å²) >= 11 is 0. The Morgan fingerprint density at radius 2 is 1.65 bits per heavy atom. The molecule has 0 aromatic heterocycles. The highest BCUT2D eigenvalue weighted by atomic mass is 16.5. The number of benzene rings is 3. The molecule has 4 rings (SSSR count). The highest BCUT2D eigenvalue weighted by Gasteiger charge is 2.30. The number of nitrogens with one attached hydrogen (secondary N) is 1. The van der Waals surface area contributed by atoms with Crippen molar-refractivity contribution in [2.24, 2.45) is 0 Å². The molecule has 5 nitrogen and oxygen atoms in total. The molecule has 3 aromatic rings. The number of piperazine rings is 1. The van der Waals surface area contributed by atoms with Crippen LogP contribution in [0.2, 0.25) is 0 Å². The number of amides is 1. The summed E-state index contributed by atoms with van der Waals surface area (Å²) in [6.07, 6.45) is 0. The Bertz CT molecular complexity index is 1010. The molecular weight excluding hydrogens is 386 g/mol. The van der Waals surface area contributed by atoms with Crippen molar-refractivity contribution < 1.29 is 9.53 Å². The number of nitrogens with zero attached hydrogens (tertiary/aromatic N) is 2. The molecule has 1 unspecified atom stereocenters. The van der Waals surface area contributed by atoms with Gasteiger partial charge in [-0.2, -0.15) is 0 Å². The van der Waals surface area contributed by atoms with Crippen LogP contribution >= 0.6 is 0 Å². The number of methoxy groups -OCH3 is 1. The number of carbonyl (C=O) groups excluding carboxylic acids is 1. The third kappa shape index (κ3) is 5.06. The molecule has 5 heteroatoms. The largest absolute Gasteiger partial charge is 0.497 e. The Labute approximate surface area is 184 Å². The molecule has 31 heavy (non-hydrogen) atoms. The van der Waals surface area contributed by atoms with E-state index in [0.29, 0.717) is 0 Å². The first-order valence-electron chi connectivity index (χ1n) is 10.7. The lowest BCUT2D eigenvalue weighted by molar-refractivity contribution is -0.121. The molecule has 0 saturated carbocycles. The van der Waals surface area contributed by atoms with Gasteiger partial charge in [0.25, 0.3) is 0 Å². The standard InChI is InChI=1S/C26H29N3O2/c1-20-8-6-12-23(18-20)28-14-16-29(17-15-28)25(21-9-4-3-5-10-21)26(30)27-22-11-7-13-24(19-22)31-2/h3-13,18-19,25H,14-17H2,1-2H3,(H,27,30). The summed E-state index contributed by atoms with van der Waals surface area (Å²) in [7, 11) is 1.63. The molecule has 1 N–H and O–H groups in total. The molecule has 1 atom stereocenters. The zero-order valence-electron chi connectivity index (χ0n) is 18.1. The van der Waals surface area contributed by atoms with Crippen LogP contribution in [0, 0.1) is 6.92 Å². The van der Waals surface area contributed by atoms with Crippen molar-refractivity contribution in [3.63, 3.8) is 0 Å². The average molecular weight is 416 g/mol. The highest BCUT2D eigenvalue weighted by Crippen LogP contribution is 2.27. The first-order chi connectivity index (χ1) is 15.1. The average Bonchev–Trinajstić information content (AvgIpc) is 2.80. The predicted octanol–water partition coefficient (Wildman–Crippen LogP) is 4.51. The second-order valence-corrected chi connectivity index (χ2v) is 7.90. The third-order valence-electron chi connectivity index (χ3n) is 5.75. The van der Waals surface area contributed by atoms with Crippen LogP contribution in [-0.4, -0.2) is 44.1 Å². The molecule has 0 aliphatic carbocycles. The van der Waals surface area contributed by atoms with Gasteiger partial charge in [-0.15, -0.1) is 0 Å². The quantitative estimate of drug-likeness (QED) is 0.644. The van der Waals surface area contributed by atoms with Crippen LogP contribution in [0.25, 0.3) is 0 Å². The first-order valence-corrected chi connectivity index (χ1v) is 10.7. The van der Waals surface area contributed by atoms with Gasteiger partial charge < -0.3 is 15.0 Å². The van der Waals surface area contributed by atoms with Crippen LogP contribution < -0.4 is 15.0 Å². The normalized spacial score (nSPS) is 15.4. The maximum Gasteiger partial charge on any atom is 0.246 e. The van der Waals surface area contributed by atoms with Crippen LogP contribution in [-0.2, 0) is 4.79 Å². The molecule has 0 bridgehead atoms. The Balaban J connectivity index is 1.51. The van der Waals surface area contributed by atoms with Crippen molar-refractivity contribution in [2.45, 2.75) is 13.0 Å². The molecule has 1 fully saturated rings. The summed E-state index contributed by atoms with van der Waals surface area (Å²) in [4.78, 5) is 18.1. The monoisotopic (exact) mass is 415 g/mol. The van der Waals surface area contributed by atoms with Gasteiger partial charge >= 0.3 is 0 Å². The van der Waals surface area contributed by atoms with Crippen molar-refractivity contribution in [3.05, 3.63) is 90.0 Å². The summed E-state index contributed by atoms with van der Waals surface area (Å²) in [5.41, 5.74) is 4.26. The number of hydrogen-bond acceptors (Lipinski definition) is 4. The Morgan fingerprint density at radius 3 is 2.35 bits per heavy atom. The van der Waals surface area contributed by atoms with E-state index < -0.39 is 0 Å². The summed E-state index contributed by atoms with van der Waals surface area (Å²) in [5, 5.41) is 3.09. The number of aryl methyl sites for hydroxylation is 1. The Kier molecular flexibility index (Phi) is 6.53. The van der Waals surface area contributed by atoms with Gasteiger partial charge in [-0.05, 0) is 42.3 Å². The second kappa shape index (κ2) is 9.67. The minimum absolute atomic E-state index is 0.0246. The van der Waals surface area contributed by atoms with Crippen molar-refractivity contribution in [2.75, 3.05) is 43.5 Å². The van der Waals surface area contributed by atoms with E-state index in [1.807, 2.05) is 54.6 Å². The molecular formula is C26H29N3O2. The summed E-state index contributed by atoms with van der Waals surface area (Å²) in [6, 6.07) is 25.8. The first kappa shape index (κ1) is 20.9. The minimum atomic E-state index is -0.341. The van der Waals surface area contributed by atoms with Crippen molar-refractivity contribution in [3.8, 4) is 5.75 Å². The van der Waals surface area contributed by atoms with E-state index in [-0.39, 0.29) is 11.9 Å². The number of hydrogen-bond donors (Lipinski definition) is 1. The van der Waals surface area contributed by atoms with E-state index in [1.54, 1.807) is 7.11 Å². The zero-order chi connectivity index (χ0) is 21.6. The van der Waals surface area contributed by atoms with Gasteiger partial charge in [0.15, 0.2) is 0 Å². The lowest BCUT2D eigenvalue weighted by Gasteiger charge is -2.39. The van der Waals surface area contributed by atoms with Gasteiger partial charge in [-0.1, -0.05) is 48.5 Å². The smallest absolute Gasteiger partial charge is 0.246 e. The molecule has 160 valence electrons. The Hall–Kier alpha value is -3.31. The lowest BCUT2D eigenvalue weighted by atomic mass is 10.0. The molecule has 1 saturated heterocycles. The number of anilines is 2. The fourth-order valence-electron chi connectivity index (χ4n) is 4.14. The summed E-state index contributed by atoms with van der Waals surface area (Å²) < 4.78 is 5.29. The van der Waals surface area contributed by atoms with Crippen molar-refractivity contribution in [1.82, 2.24) is 4.90 Å². The van der Waals surface area contributed by atoms with Gasteiger partial charge in [0, 0.05) is 43.6 Å². The van der Waals surface area contributed by atoms with Crippen LogP contribution in [0.15, 0.2) is 78.9 Å². The molecule has 0 radical (unpaired) electrons. The number of ether oxygens (including phenoxy) is 1. The Morgan fingerprint density at radius 1 is 0.903 bits per heavy atom. The summed E-state index contributed by atoms with van der Waals surface area (Å²) in [5.74, 6) is 0.698. The second-order valence-electron chi connectivity index (χ2n) is 7.90. The van der Waals surface area contributed by atoms with Gasteiger partial charge in [0.05, 0.1) is 7.11 Å². The number of carbonyl (C=O) groups is 1. The van der Waals surface area contributed by atoms with Crippen LogP contribution in [0.3, 0.4) is 0 Å². The van der Waals surface area contributed by atoms with E-state index in [1.165, 1.54) is 11.3 Å². The maximum absolute atomic E-state index is 13.4. The van der Waals surface area contributed by atoms with Gasteiger partial charge in [0.2, 0.25) is 5.91 Å². The van der Waals surface area contributed by atoms with Crippen molar-refractivity contribution in [1.29, 1.82) is 0 Å². The van der Waals surface area contributed by atoms with E-state index >= 15 is 0 Å². The minimum Gasteiger partial charge on any atom is -0.497 e. The molecule has 1 amide bonds. The fourth-order valence-corrected chi connectivity index (χ4v) is 4.14. The molecule has 0 spiro atoms. The molecule has 1 aliphatic heterocycles. The predicted molar refractivity (Wildman–Crippen MR) is 126 cm³/mol. The molecule has 3 aromatic carbocycles. The summed E-state index contributed by atoms with van der Waals surface area (Å²) in [6.45, 7) is 5.53. The van der Waals surface area contributed by atoms with Gasteiger partial charge in [0.1, 0.15) is 11.8 Å². The van der Waals surface area contributed by atoms with E-state index in [4.69, 9.17) is 4.74 Å². The van der Waals surface area contributed by atoms with Crippen LogP contribution in [0.5, 0.6) is 5.75 Å². The third-order valence-corrected chi connectivity index (χ3v) is 5.75. The van der Waals surface area contributed by atoms with E-state index in [0.717, 1.165) is 43.2 Å².